The van der Waals surface area contributed by atoms with Crippen molar-refractivity contribution in [3.8, 4) is 5.69 Å². The molecule has 0 aliphatic carbocycles. The predicted octanol–water partition coefficient (Wildman–Crippen LogP) is -2.78. The molecular weight excluding hydrogens is 329 g/mol. The SMILES string of the molecule is O=C([O-])Cc1ccc(-n2[nH]nnc2=S)cc1N1CCCC1.[K+]. The molecule has 0 amide bonds. The smallest absolute Gasteiger partial charge is 0.550 e. The van der Waals surface area contributed by atoms with Crippen LogP contribution in [0.2, 0.25) is 0 Å². The van der Waals surface area contributed by atoms with E-state index in [1.165, 1.54) is 0 Å². The number of benzene rings is 1. The van der Waals surface area contributed by atoms with Gasteiger partial charge in [-0.15, -0.1) is 0 Å². The first-order valence-corrected chi connectivity index (χ1v) is 7.14. The van der Waals surface area contributed by atoms with Gasteiger partial charge in [0.1, 0.15) is 0 Å². The number of aromatic nitrogens is 4. The molecule has 0 bridgehead atoms. The first-order valence-electron chi connectivity index (χ1n) is 6.73. The minimum Gasteiger partial charge on any atom is -0.550 e. The Bertz CT molecular complexity index is 723. The van der Waals surface area contributed by atoms with Crippen LogP contribution in [0.4, 0.5) is 5.69 Å². The Morgan fingerprint density at radius 1 is 1.36 bits per heavy atom. The summed E-state index contributed by atoms with van der Waals surface area (Å²) in [5, 5.41) is 21.0. The number of nitrogens with zero attached hydrogens (tertiary/aromatic N) is 4. The van der Waals surface area contributed by atoms with Crippen LogP contribution in [0.5, 0.6) is 0 Å². The van der Waals surface area contributed by atoms with Gasteiger partial charge in [-0.1, -0.05) is 16.4 Å². The second-order valence-electron chi connectivity index (χ2n) is 4.97. The van der Waals surface area contributed by atoms with Crippen molar-refractivity contribution in [3.05, 3.63) is 28.5 Å². The summed E-state index contributed by atoms with van der Waals surface area (Å²) in [7, 11) is 0. The maximum atomic E-state index is 10.9. The summed E-state index contributed by atoms with van der Waals surface area (Å²) in [4.78, 5) is 13.1. The van der Waals surface area contributed by atoms with Crippen LogP contribution in [0, 0.1) is 4.77 Å². The Kier molecular flexibility index (Phi) is 6.30. The van der Waals surface area contributed by atoms with Gasteiger partial charge in [-0.25, -0.2) is 4.68 Å². The monoisotopic (exact) mass is 343 g/mol. The molecule has 1 fully saturated rings. The molecule has 0 atom stereocenters. The van der Waals surface area contributed by atoms with Gasteiger partial charge >= 0.3 is 51.4 Å². The van der Waals surface area contributed by atoms with Crippen molar-refractivity contribution in [1.29, 1.82) is 0 Å². The van der Waals surface area contributed by atoms with E-state index in [1.54, 1.807) is 16.8 Å². The van der Waals surface area contributed by atoms with Crippen molar-refractivity contribution in [1.82, 2.24) is 20.2 Å². The fraction of sp³-hybridized carbons (Fsp3) is 0.385. The number of hydrogen-bond donors (Lipinski definition) is 1. The summed E-state index contributed by atoms with van der Waals surface area (Å²) in [6.45, 7) is 1.85. The molecule has 22 heavy (non-hydrogen) atoms. The van der Waals surface area contributed by atoms with Crippen molar-refractivity contribution < 1.29 is 61.3 Å². The zero-order valence-electron chi connectivity index (χ0n) is 12.3. The van der Waals surface area contributed by atoms with Crippen LogP contribution in [0.25, 0.3) is 5.69 Å². The van der Waals surface area contributed by atoms with E-state index in [2.05, 4.69) is 20.4 Å². The molecule has 2 heterocycles. The van der Waals surface area contributed by atoms with E-state index in [9.17, 15) is 9.90 Å². The zero-order chi connectivity index (χ0) is 14.8. The number of rotatable bonds is 4. The number of aliphatic carboxylic acids is 1. The van der Waals surface area contributed by atoms with E-state index in [4.69, 9.17) is 12.2 Å². The summed E-state index contributed by atoms with van der Waals surface area (Å²) in [6.07, 6.45) is 2.12. The first kappa shape index (κ1) is 17.8. The summed E-state index contributed by atoms with van der Waals surface area (Å²) >= 11 is 5.09. The van der Waals surface area contributed by atoms with E-state index < -0.39 is 5.97 Å². The van der Waals surface area contributed by atoms with Crippen molar-refractivity contribution in [2.45, 2.75) is 19.3 Å². The van der Waals surface area contributed by atoms with Gasteiger partial charge in [-0.05, 0) is 42.8 Å². The van der Waals surface area contributed by atoms with E-state index in [1.807, 2.05) is 6.07 Å². The third-order valence-corrected chi connectivity index (χ3v) is 3.84. The molecule has 1 aliphatic heterocycles. The third-order valence-electron chi connectivity index (χ3n) is 3.58. The summed E-state index contributed by atoms with van der Waals surface area (Å²) < 4.78 is 1.91. The Morgan fingerprint density at radius 2 is 2.09 bits per heavy atom. The normalized spacial score (nSPS) is 13.9. The van der Waals surface area contributed by atoms with Crippen molar-refractivity contribution >= 4 is 23.9 Å². The molecule has 3 rings (SSSR count). The van der Waals surface area contributed by atoms with Crippen LogP contribution in [0.1, 0.15) is 18.4 Å². The molecule has 1 aromatic carbocycles. The number of carboxylic acid groups (broad SMARTS) is 1. The van der Waals surface area contributed by atoms with Gasteiger partial charge in [-0.2, -0.15) is 5.21 Å². The minimum absolute atomic E-state index is 0. The fourth-order valence-electron chi connectivity index (χ4n) is 2.61. The maximum Gasteiger partial charge on any atom is 1.00 e. The largest absolute Gasteiger partial charge is 1.00 e. The average Bonchev–Trinajstić information content (AvgIpc) is 3.10. The summed E-state index contributed by atoms with van der Waals surface area (Å²) in [5.74, 6) is -1.08. The molecule has 110 valence electrons. The Labute approximate surface area is 175 Å². The number of aromatic amines is 1. The number of nitrogens with one attached hydrogen (secondary N) is 1. The molecule has 0 radical (unpaired) electrons. The van der Waals surface area contributed by atoms with Crippen LogP contribution >= 0.6 is 12.2 Å². The van der Waals surface area contributed by atoms with E-state index in [0.29, 0.717) is 4.77 Å². The van der Waals surface area contributed by atoms with Crippen LogP contribution in [-0.2, 0) is 11.2 Å². The van der Waals surface area contributed by atoms with Gasteiger partial charge in [0.25, 0.3) is 0 Å². The summed E-state index contributed by atoms with van der Waals surface area (Å²) in [5.41, 5.74) is 2.44. The quantitative estimate of drug-likeness (QED) is 0.477. The zero-order valence-corrected chi connectivity index (χ0v) is 16.2. The second kappa shape index (κ2) is 7.80. The van der Waals surface area contributed by atoms with Crippen LogP contribution in [0.15, 0.2) is 18.2 Å². The van der Waals surface area contributed by atoms with Gasteiger partial charge in [0.15, 0.2) is 0 Å². The summed E-state index contributed by atoms with van der Waals surface area (Å²) in [6, 6.07) is 5.51. The molecule has 1 saturated heterocycles. The molecule has 1 aromatic heterocycles. The van der Waals surface area contributed by atoms with E-state index >= 15 is 0 Å². The van der Waals surface area contributed by atoms with Gasteiger partial charge in [0.2, 0.25) is 4.77 Å². The minimum atomic E-state index is -1.08. The van der Waals surface area contributed by atoms with Crippen LogP contribution in [0.3, 0.4) is 0 Å². The van der Waals surface area contributed by atoms with Crippen molar-refractivity contribution in [3.63, 3.8) is 0 Å². The Morgan fingerprint density at radius 3 is 2.68 bits per heavy atom. The first-order chi connectivity index (χ1) is 10.1. The molecular formula is C13H14KN5O2S. The Balaban J connectivity index is 0.00000176. The van der Waals surface area contributed by atoms with E-state index in [0.717, 1.165) is 42.9 Å². The molecule has 0 unspecified atom stereocenters. The predicted molar refractivity (Wildman–Crippen MR) is 76.7 cm³/mol. The number of carboxylic acids is 1. The molecule has 0 saturated carbocycles. The number of carbonyl (C=O) groups excluding carboxylic acids is 1. The van der Waals surface area contributed by atoms with Gasteiger partial charge < -0.3 is 14.8 Å². The molecule has 1 aliphatic rings. The number of anilines is 1. The number of carbonyl (C=O) groups is 1. The number of H-pyrrole nitrogens is 1. The molecule has 7 nitrogen and oxygen atoms in total. The van der Waals surface area contributed by atoms with E-state index in [-0.39, 0.29) is 57.8 Å². The van der Waals surface area contributed by atoms with Gasteiger partial charge in [0, 0.05) is 31.2 Å². The molecule has 9 heteroatoms. The number of hydrogen-bond acceptors (Lipinski definition) is 6. The van der Waals surface area contributed by atoms with Crippen LogP contribution in [-0.4, -0.2) is 39.3 Å². The maximum absolute atomic E-state index is 10.9. The Hall–Kier alpha value is -0.584. The van der Waals surface area contributed by atoms with Gasteiger partial charge in [0.05, 0.1) is 5.69 Å². The number of tetrazole rings is 1. The second-order valence-corrected chi connectivity index (χ2v) is 5.34. The third kappa shape index (κ3) is 3.84. The van der Waals surface area contributed by atoms with Crippen LogP contribution < -0.4 is 61.4 Å². The fourth-order valence-corrected chi connectivity index (χ4v) is 2.80. The topological polar surface area (TPSA) is 89.9 Å². The molecule has 0 spiro atoms. The molecule has 2 aromatic rings. The standard InChI is InChI=1S/C13H15N5O2S.K/c19-12(20)7-9-3-4-10(18-13(21)14-15-16-18)8-11(9)17-5-1-2-6-17;/h3-4,8H,1-2,5-7H2,(H,19,20)(H,14,16,21);/q;+1/p-1. The average molecular weight is 343 g/mol. The van der Waals surface area contributed by atoms with Crippen molar-refractivity contribution in [2.24, 2.45) is 0 Å². The van der Waals surface area contributed by atoms with Gasteiger partial charge in [-0.3, -0.25) is 0 Å². The van der Waals surface area contributed by atoms with Crippen molar-refractivity contribution in [2.75, 3.05) is 18.0 Å². The molecule has 1 N–H and O–H groups in total.